The number of anilines is 1. The van der Waals surface area contributed by atoms with Crippen molar-refractivity contribution >= 4 is 67.2 Å². The number of hydrogen-bond acceptors (Lipinski definition) is 4. The van der Waals surface area contributed by atoms with Crippen molar-refractivity contribution in [2.75, 3.05) is 11.9 Å². The van der Waals surface area contributed by atoms with Gasteiger partial charge in [0.25, 0.3) is 11.8 Å². The zero-order valence-electron chi connectivity index (χ0n) is 16.9. The van der Waals surface area contributed by atoms with E-state index in [1.165, 1.54) is 6.21 Å². The Bertz CT molecular complexity index is 1140. The molecule has 32 heavy (non-hydrogen) atoms. The molecule has 0 aliphatic rings. The van der Waals surface area contributed by atoms with Crippen molar-refractivity contribution in [1.82, 2.24) is 5.43 Å². The highest BCUT2D eigenvalue weighted by molar-refractivity contribution is 9.11. The van der Waals surface area contributed by atoms with Gasteiger partial charge in [-0.3, -0.25) is 9.59 Å². The zero-order valence-corrected chi connectivity index (χ0v) is 20.8. The summed E-state index contributed by atoms with van der Waals surface area (Å²) in [5.41, 5.74) is 5.38. The second-order valence-corrected chi connectivity index (χ2v) is 8.87. The van der Waals surface area contributed by atoms with Crippen LogP contribution in [0.1, 0.15) is 21.5 Å². The molecule has 0 atom stereocenters. The van der Waals surface area contributed by atoms with Gasteiger partial charge < -0.3 is 10.1 Å². The van der Waals surface area contributed by atoms with Crippen molar-refractivity contribution in [2.24, 2.45) is 5.10 Å². The number of nitrogens with one attached hydrogen (secondary N) is 2. The standard InChI is InChI=1S/C23H18Br2ClN3O3/c1-14-3-2-4-18(9-14)28-21(30)13-32-22-19(24)10-15(11-20(22)25)12-27-29-23(31)16-5-7-17(26)8-6-16/h2-12H,13H2,1H3,(H,28,30)(H,29,31)/b27-12+. The monoisotopic (exact) mass is 577 g/mol. The van der Waals surface area contributed by atoms with Gasteiger partial charge in [0.15, 0.2) is 6.61 Å². The smallest absolute Gasteiger partial charge is 0.271 e. The SMILES string of the molecule is Cc1cccc(NC(=O)COc2c(Br)cc(/C=N/NC(=O)c3ccc(Cl)cc3)cc2Br)c1. The number of hydrazone groups is 1. The first kappa shape index (κ1) is 24.0. The molecule has 0 unspecified atom stereocenters. The lowest BCUT2D eigenvalue weighted by atomic mass is 10.2. The summed E-state index contributed by atoms with van der Waals surface area (Å²) < 4.78 is 6.92. The highest BCUT2D eigenvalue weighted by atomic mass is 79.9. The van der Waals surface area contributed by atoms with Crippen LogP contribution in [0, 0.1) is 6.92 Å². The molecule has 3 aromatic carbocycles. The largest absolute Gasteiger partial charge is 0.481 e. The van der Waals surface area contributed by atoms with Crippen LogP contribution in [0.25, 0.3) is 0 Å². The Labute approximate surface area is 207 Å². The Morgan fingerprint density at radius 3 is 2.41 bits per heavy atom. The molecule has 0 aromatic heterocycles. The van der Waals surface area contributed by atoms with E-state index >= 15 is 0 Å². The summed E-state index contributed by atoms with van der Waals surface area (Å²) in [5, 5.41) is 7.32. The molecule has 0 saturated heterocycles. The zero-order chi connectivity index (χ0) is 23.1. The van der Waals surface area contributed by atoms with Crippen molar-refractivity contribution in [3.8, 4) is 5.75 Å². The Morgan fingerprint density at radius 2 is 1.75 bits per heavy atom. The van der Waals surface area contributed by atoms with Gasteiger partial charge in [0.1, 0.15) is 5.75 Å². The Kier molecular flexibility index (Phi) is 8.44. The minimum atomic E-state index is -0.351. The van der Waals surface area contributed by atoms with Crippen LogP contribution < -0.4 is 15.5 Å². The molecule has 0 heterocycles. The van der Waals surface area contributed by atoms with Crippen molar-refractivity contribution in [2.45, 2.75) is 6.92 Å². The van der Waals surface area contributed by atoms with Gasteiger partial charge in [-0.15, -0.1) is 0 Å². The number of carbonyl (C=O) groups excluding carboxylic acids is 2. The molecule has 6 nitrogen and oxygen atoms in total. The fourth-order valence-corrected chi connectivity index (χ4v) is 4.26. The van der Waals surface area contributed by atoms with E-state index in [0.717, 1.165) is 5.56 Å². The molecule has 0 radical (unpaired) electrons. The van der Waals surface area contributed by atoms with Crippen LogP contribution in [-0.4, -0.2) is 24.6 Å². The number of halogens is 3. The topological polar surface area (TPSA) is 79.8 Å². The summed E-state index contributed by atoms with van der Waals surface area (Å²) in [6, 6.07) is 17.5. The summed E-state index contributed by atoms with van der Waals surface area (Å²) in [7, 11) is 0. The van der Waals surface area contributed by atoms with E-state index in [2.05, 4.69) is 47.7 Å². The van der Waals surface area contributed by atoms with E-state index in [1.807, 2.05) is 31.2 Å². The van der Waals surface area contributed by atoms with Crippen molar-refractivity contribution in [3.63, 3.8) is 0 Å². The predicted molar refractivity (Wildman–Crippen MR) is 134 cm³/mol. The van der Waals surface area contributed by atoms with Gasteiger partial charge in [0.2, 0.25) is 0 Å². The lowest BCUT2D eigenvalue weighted by molar-refractivity contribution is -0.118. The minimum Gasteiger partial charge on any atom is -0.481 e. The molecule has 164 valence electrons. The lowest BCUT2D eigenvalue weighted by Crippen LogP contribution is -2.20. The molecule has 0 fully saturated rings. The summed E-state index contributed by atoms with van der Waals surface area (Å²) in [6.45, 7) is 1.80. The second-order valence-electron chi connectivity index (χ2n) is 6.73. The molecule has 0 saturated carbocycles. The molecule has 9 heteroatoms. The molecule has 0 bridgehead atoms. The average molecular weight is 580 g/mol. The molecule has 0 aliphatic carbocycles. The maximum atomic E-state index is 12.2. The van der Waals surface area contributed by atoms with Crippen LogP contribution in [0.3, 0.4) is 0 Å². The molecular weight excluding hydrogens is 562 g/mol. The number of ether oxygens (including phenoxy) is 1. The fourth-order valence-electron chi connectivity index (χ4n) is 2.68. The van der Waals surface area contributed by atoms with Gasteiger partial charge >= 0.3 is 0 Å². The molecule has 2 N–H and O–H groups in total. The molecule has 0 spiro atoms. The third-order valence-corrected chi connectivity index (χ3v) is 5.59. The number of benzene rings is 3. The number of carbonyl (C=O) groups is 2. The van der Waals surface area contributed by atoms with E-state index in [-0.39, 0.29) is 18.4 Å². The quantitative estimate of drug-likeness (QED) is 0.268. The van der Waals surface area contributed by atoms with E-state index in [9.17, 15) is 9.59 Å². The van der Waals surface area contributed by atoms with Crippen LogP contribution >= 0.6 is 43.5 Å². The molecule has 2 amide bonds. The van der Waals surface area contributed by atoms with Gasteiger partial charge in [0.05, 0.1) is 15.2 Å². The third-order valence-electron chi connectivity index (χ3n) is 4.16. The number of rotatable bonds is 7. The lowest BCUT2D eigenvalue weighted by Gasteiger charge is -2.12. The van der Waals surface area contributed by atoms with E-state index < -0.39 is 0 Å². The van der Waals surface area contributed by atoms with Gasteiger partial charge in [-0.25, -0.2) is 5.43 Å². The molecule has 3 rings (SSSR count). The normalized spacial score (nSPS) is 10.8. The van der Waals surface area contributed by atoms with Crippen molar-refractivity contribution < 1.29 is 14.3 Å². The third kappa shape index (κ3) is 6.91. The molecular formula is C23H18Br2ClN3O3. The first-order chi connectivity index (χ1) is 15.3. The Morgan fingerprint density at radius 1 is 1.06 bits per heavy atom. The Hall–Kier alpha value is -2.68. The van der Waals surface area contributed by atoms with Gasteiger partial charge in [-0.1, -0.05) is 23.7 Å². The van der Waals surface area contributed by atoms with Crippen LogP contribution in [0.5, 0.6) is 5.75 Å². The van der Waals surface area contributed by atoms with E-state index in [4.69, 9.17) is 16.3 Å². The number of nitrogens with zero attached hydrogens (tertiary/aromatic N) is 1. The summed E-state index contributed by atoms with van der Waals surface area (Å²) in [6.07, 6.45) is 1.50. The number of hydrogen-bond donors (Lipinski definition) is 2. The van der Waals surface area contributed by atoms with Gasteiger partial charge in [0, 0.05) is 16.3 Å². The van der Waals surface area contributed by atoms with Crippen LogP contribution in [-0.2, 0) is 4.79 Å². The van der Waals surface area contributed by atoms with Crippen LogP contribution in [0.2, 0.25) is 5.02 Å². The predicted octanol–water partition coefficient (Wildman–Crippen LogP) is 5.95. The first-order valence-corrected chi connectivity index (χ1v) is 11.4. The van der Waals surface area contributed by atoms with Gasteiger partial charge in [-0.2, -0.15) is 5.10 Å². The number of amides is 2. The molecule has 0 aliphatic heterocycles. The van der Waals surface area contributed by atoms with E-state index in [0.29, 0.717) is 36.5 Å². The van der Waals surface area contributed by atoms with Gasteiger partial charge in [-0.05, 0) is 98.4 Å². The Balaban J connectivity index is 1.58. The van der Waals surface area contributed by atoms with Crippen molar-refractivity contribution in [3.05, 3.63) is 91.3 Å². The minimum absolute atomic E-state index is 0.157. The highest BCUT2D eigenvalue weighted by Gasteiger charge is 2.11. The summed E-state index contributed by atoms with van der Waals surface area (Å²) in [4.78, 5) is 24.3. The first-order valence-electron chi connectivity index (χ1n) is 9.39. The van der Waals surface area contributed by atoms with Crippen LogP contribution in [0.4, 0.5) is 5.69 Å². The fraction of sp³-hybridized carbons (Fsp3) is 0.0870. The summed E-state index contributed by atoms with van der Waals surface area (Å²) >= 11 is 12.7. The molecule has 3 aromatic rings. The van der Waals surface area contributed by atoms with Crippen LogP contribution in [0.15, 0.2) is 74.7 Å². The van der Waals surface area contributed by atoms with E-state index in [1.54, 1.807) is 36.4 Å². The second kappa shape index (κ2) is 11.3. The number of aryl methyl sites for hydroxylation is 1. The van der Waals surface area contributed by atoms with Crippen molar-refractivity contribution in [1.29, 1.82) is 0 Å². The maximum absolute atomic E-state index is 12.2. The highest BCUT2D eigenvalue weighted by Crippen LogP contribution is 2.34. The average Bonchev–Trinajstić information content (AvgIpc) is 2.73. The maximum Gasteiger partial charge on any atom is 0.271 e. The summed E-state index contributed by atoms with van der Waals surface area (Å²) in [5.74, 6) is -0.146.